The zero-order valence-electron chi connectivity index (χ0n) is 9.71. The predicted molar refractivity (Wildman–Crippen MR) is 62.9 cm³/mol. The zero-order valence-corrected chi connectivity index (χ0v) is 10.5. The number of rotatable bonds is 9. The molecule has 0 aromatic carbocycles. The third-order valence-electron chi connectivity index (χ3n) is 1.85. The topological polar surface area (TPSA) is 30.5 Å². The average molecular weight is 221 g/mol. The van der Waals surface area contributed by atoms with Gasteiger partial charge in [0.15, 0.2) is 6.29 Å². The van der Waals surface area contributed by atoms with E-state index in [4.69, 9.17) is 9.47 Å². The Labute approximate surface area is 91.9 Å². The quantitative estimate of drug-likeness (QED) is 0.601. The maximum Gasteiger partial charge on any atom is 0.169 e. The fourth-order valence-electron chi connectivity index (χ4n) is 1.03. The van der Waals surface area contributed by atoms with E-state index in [0.717, 1.165) is 13.1 Å². The second-order valence-electron chi connectivity index (χ2n) is 3.04. The highest BCUT2D eigenvalue weighted by Gasteiger charge is 2.07. The van der Waals surface area contributed by atoms with Gasteiger partial charge in [-0.2, -0.15) is 11.8 Å². The Hall–Kier alpha value is 0.230. The van der Waals surface area contributed by atoms with Gasteiger partial charge in [-0.3, -0.25) is 0 Å². The molecule has 0 rings (SSSR count). The van der Waals surface area contributed by atoms with Crippen LogP contribution in [0.2, 0.25) is 0 Å². The molecule has 0 aromatic rings. The molecule has 0 radical (unpaired) electrons. The molecule has 1 unspecified atom stereocenters. The van der Waals surface area contributed by atoms with Gasteiger partial charge < -0.3 is 14.8 Å². The molecule has 0 aromatic heterocycles. The van der Waals surface area contributed by atoms with Gasteiger partial charge in [0.1, 0.15) is 0 Å². The van der Waals surface area contributed by atoms with Crippen LogP contribution in [0.4, 0.5) is 0 Å². The monoisotopic (exact) mass is 221 g/mol. The molecule has 0 saturated carbocycles. The predicted octanol–water partition coefficient (Wildman–Crippen LogP) is 1.73. The molecule has 0 spiro atoms. The van der Waals surface area contributed by atoms with Crippen LogP contribution in [-0.4, -0.2) is 44.1 Å². The van der Waals surface area contributed by atoms with Crippen molar-refractivity contribution in [1.29, 1.82) is 0 Å². The Morgan fingerprint density at radius 2 is 1.71 bits per heavy atom. The standard InChI is InChI=1S/C10H23NO2S/c1-5-12-10(13-6-2)8-11-7-9(3)14-4/h9-11H,5-8H2,1-4H3. The third-order valence-corrected chi connectivity index (χ3v) is 2.82. The van der Waals surface area contributed by atoms with Crippen molar-refractivity contribution in [3.8, 4) is 0 Å². The van der Waals surface area contributed by atoms with Crippen LogP contribution in [-0.2, 0) is 9.47 Å². The Kier molecular flexibility index (Phi) is 9.93. The van der Waals surface area contributed by atoms with Gasteiger partial charge in [0.25, 0.3) is 0 Å². The molecular formula is C10H23NO2S. The molecule has 3 nitrogen and oxygen atoms in total. The first-order valence-corrected chi connectivity index (χ1v) is 6.50. The van der Waals surface area contributed by atoms with Crippen LogP contribution >= 0.6 is 11.8 Å². The molecular weight excluding hydrogens is 198 g/mol. The lowest BCUT2D eigenvalue weighted by atomic mass is 10.4. The van der Waals surface area contributed by atoms with Gasteiger partial charge in [0.05, 0.1) is 0 Å². The van der Waals surface area contributed by atoms with E-state index in [1.165, 1.54) is 0 Å². The van der Waals surface area contributed by atoms with Crippen molar-refractivity contribution in [3.63, 3.8) is 0 Å². The highest BCUT2D eigenvalue weighted by atomic mass is 32.2. The summed E-state index contributed by atoms with van der Waals surface area (Å²) < 4.78 is 10.8. The lowest BCUT2D eigenvalue weighted by molar-refractivity contribution is -0.132. The van der Waals surface area contributed by atoms with Crippen molar-refractivity contribution in [1.82, 2.24) is 5.32 Å². The molecule has 1 atom stereocenters. The van der Waals surface area contributed by atoms with Crippen molar-refractivity contribution in [3.05, 3.63) is 0 Å². The van der Waals surface area contributed by atoms with E-state index >= 15 is 0 Å². The summed E-state index contributed by atoms with van der Waals surface area (Å²) in [6.07, 6.45) is 2.02. The first kappa shape index (κ1) is 14.2. The summed E-state index contributed by atoms with van der Waals surface area (Å²) in [7, 11) is 0. The van der Waals surface area contributed by atoms with Crippen molar-refractivity contribution in [2.24, 2.45) is 0 Å². The van der Waals surface area contributed by atoms with Crippen LogP contribution in [0.15, 0.2) is 0 Å². The number of hydrogen-bond donors (Lipinski definition) is 1. The van der Waals surface area contributed by atoms with E-state index in [2.05, 4.69) is 18.5 Å². The summed E-state index contributed by atoms with van der Waals surface area (Å²) in [5.74, 6) is 0. The molecule has 0 amide bonds. The minimum atomic E-state index is -0.0981. The van der Waals surface area contributed by atoms with Gasteiger partial charge in [0, 0.05) is 31.6 Å². The van der Waals surface area contributed by atoms with Gasteiger partial charge in [-0.05, 0) is 20.1 Å². The fraction of sp³-hybridized carbons (Fsp3) is 1.00. The minimum absolute atomic E-state index is 0.0981. The van der Waals surface area contributed by atoms with Crippen LogP contribution in [0.1, 0.15) is 20.8 Å². The normalized spacial score (nSPS) is 13.5. The van der Waals surface area contributed by atoms with Gasteiger partial charge >= 0.3 is 0 Å². The molecule has 0 aliphatic rings. The largest absolute Gasteiger partial charge is 0.352 e. The Morgan fingerprint density at radius 1 is 1.14 bits per heavy atom. The van der Waals surface area contributed by atoms with Crippen molar-refractivity contribution in [2.75, 3.05) is 32.6 Å². The van der Waals surface area contributed by atoms with E-state index in [-0.39, 0.29) is 6.29 Å². The molecule has 86 valence electrons. The van der Waals surface area contributed by atoms with E-state index in [1.54, 1.807) is 0 Å². The van der Waals surface area contributed by atoms with E-state index in [0.29, 0.717) is 18.5 Å². The summed E-state index contributed by atoms with van der Waals surface area (Å²) in [5.41, 5.74) is 0. The number of ether oxygens (including phenoxy) is 2. The van der Waals surface area contributed by atoms with Crippen molar-refractivity contribution in [2.45, 2.75) is 32.3 Å². The smallest absolute Gasteiger partial charge is 0.169 e. The lowest BCUT2D eigenvalue weighted by Crippen LogP contribution is -2.34. The molecule has 0 aliphatic heterocycles. The molecule has 0 saturated heterocycles. The average Bonchev–Trinajstić information content (AvgIpc) is 2.18. The molecule has 0 fully saturated rings. The first-order chi connectivity index (χ1) is 6.74. The summed E-state index contributed by atoms with van der Waals surface area (Å²) in [6, 6.07) is 0. The molecule has 14 heavy (non-hydrogen) atoms. The van der Waals surface area contributed by atoms with Gasteiger partial charge in [0.2, 0.25) is 0 Å². The number of hydrogen-bond acceptors (Lipinski definition) is 4. The second kappa shape index (κ2) is 9.77. The maximum absolute atomic E-state index is 5.41. The second-order valence-corrected chi connectivity index (χ2v) is 4.32. The fourth-order valence-corrected chi connectivity index (χ4v) is 1.31. The molecule has 4 heteroatoms. The van der Waals surface area contributed by atoms with E-state index in [1.807, 2.05) is 25.6 Å². The highest BCUT2D eigenvalue weighted by molar-refractivity contribution is 7.99. The zero-order chi connectivity index (χ0) is 10.8. The van der Waals surface area contributed by atoms with Gasteiger partial charge in [-0.25, -0.2) is 0 Å². The molecule has 0 aliphatic carbocycles. The van der Waals surface area contributed by atoms with Crippen molar-refractivity contribution < 1.29 is 9.47 Å². The van der Waals surface area contributed by atoms with Gasteiger partial charge in [-0.15, -0.1) is 0 Å². The van der Waals surface area contributed by atoms with Crippen LogP contribution < -0.4 is 5.32 Å². The Balaban J connectivity index is 3.49. The van der Waals surface area contributed by atoms with Crippen LogP contribution in [0.5, 0.6) is 0 Å². The van der Waals surface area contributed by atoms with Crippen LogP contribution in [0.25, 0.3) is 0 Å². The number of thioether (sulfide) groups is 1. The summed E-state index contributed by atoms with van der Waals surface area (Å²) in [5, 5.41) is 3.97. The third kappa shape index (κ3) is 7.62. The SMILES string of the molecule is CCOC(CNCC(C)SC)OCC. The minimum Gasteiger partial charge on any atom is -0.352 e. The molecule has 0 bridgehead atoms. The van der Waals surface area contributed by atoms with Crippen LogP contribution in [0.3, 0.4) is 0 Å². The highest BCUT2D eigenvalue weighted by Crippen LogP contribution is 2.02. The number of nitrogens with one attached hydrogen (secondary N) is 1. The molecule has 1 N–H and O–H groups in total. The van der Waals surface area contributed by atoms with Crippen LogP contribution in [0, 0.1) is 0 Å². The summed E-state index contributed by atoms with van der Waals surface area (Å²) in [4.78, 5) is 0. The van der Waals surface area contributed by atoms with Crippen molar-refractivity contribution >= 4 is 11.8 Å². The lowest BCUT2D eigenvalue weighted by Gasteiger charge is -2.18. The molecule has 0 heterocycles. The summed E-state index contributed by atoms with van der Waals surface area (Å²) in [6.45, 7) is 9.33. The van der Waals surface area contributed by atoms with E-state index in [9.17, 15) is 0 Å². The first-order valence-electron chi connectivity index (χ1n) is 5.21. The Bertz CT molecular complexity index is 119. The van der Waals surface area contributed by atoms with E-state index < -0.39 is 0 Å². The summed E-state index contributed by atoms with van der Waals surface area (Å²) >= 11 is 1.86. The van der Waals surface area contributed by atoms with Gasteiger partial charge in [-0.1, -0.05) is 6.92 Å². The Morgan fingerprint density at radius 3 is 2.14 bits per heavy atom. The maximum atomic E-state index is 5.41.